The van der Waals surface area contributed by atoms with Gasteiger partial charge < -0.3 is 9.80 Å². The lowest BCUT2D eigenvalue weighted by atomic mass is 9.70. The van der Waals surface area contributed by atoms with E-state index < -0.39 is 5.41 Å². The second-order valence-electron chi connectivity index (χ2n) is 32.9. The van der Waals surface area contributed by atoms with E-state index in [0.717, 1.165) is 11.4 Å². The lowest BCUT2D eigenvalue weighted by molar-refractivity contribution is 0.530. The summed E-state index contributed by atoms with van der Waals surface area (Å²) in [7, 11) is 0. The van der Waals surface area contributed by atoms with Crippen molar-refractivity contribution in [2.75, 3.05) is 9.80 Å². The summed E-state index contributed by atoms with van der Waals surface area (Å²) in [6.45, 7) is 56.7. The molecule has 0 bridgehead atoms. The molecule has 8 aromatic rings. The van der Waals surface area contributed by atoms with Crippen molar-refractivity contribution in [1.29, 1.82) is 0 Å². The molecule has 2 aliphatic rings. The third kappa shape index (κ3) is 10.4. The van der Waals surface area contributed by atoms with Crippen molar-refractivity contribution in [3.05, 3.63) is 224 Å². The van der Waals surface area contributed by atoms with Crippen molar-refractivity contribution in [1.82, 2.24) is 0 Å². The molecule has 0 amide bonds. The fraction of sp³-hybridized carbons (Fsp3) is 0.407. The highest BCUT2D eigenvalue weighted by Crippen LogP contribution is 2.64. The second-order valence-corrected chi connectivity index (χ2v) is 32.9. The lowest BCUT2D eigenvalue weighted by Gasteiger charge is -2.36. The molecule has 0 N–H and O–H groups in total. The maximum atomic E-state index is 2.58. The van der Waals surface area contributed by atoms with Crippen LogP contribution in [-0.2, 0) is 48.7 Å². The molecule has 0 aliphatic heterocycles. The smallest absolute Gasteiger partial charge is 0.0727 e. The maximum absolute atomic E-state index is 2.58. The highest BCUT2D eigenvalue weighted by Gasteiger charge is 2.52. The Kier molecular flexibility index (Phi) is 14.1. The fourth-order valence-corrected chi connectivity index (χ4v) is 14.1. The van der Waals surface area contributed by atoms with E-state index in [1.54, 1.807) is 0 Å². The molecule has 2 heteroatoms. The van der Waals surface area contributed by atoms with Gasteiger partial charge in [0.15, 0.2) is 0 Å². The molecular formula is C81H98N2. The van der Waals surface area contributed by atoms with Crippen LogP contribution >= 0.6 is 0 Å². The Morgan fingerprint density at radius 3 is 0.651 bits per heavy atom. The molecule has 1 spiro atoms. The Morgan fingerprint density at radius 1 is 0.205 bits per heavy atom. The van der Waals surface area contributed by atoms with Gasteiger partial charge in [-0.25, -0.2) is 0 Å². The molecule has 83 heavy (non-hydrogen) atoms. The molecule has 0 unspecified atom stereocenters. The molecule has 8 aromatic carbocycles. The van der Waals surface area contributed by atoms with Crippen LogP contribution in [0.25, 0.3) is 22.3 Å². The SMILES string of the molecule is CC(C)(C)c1ccc(N(c2ccc(C(C)(C)C)c(C(C)(C)C)c2)c2ccc3c(c2)C2(c4ccccc4-c4ccccc42)c2cc(N(c4ccc(C(C)(C)C)c(C(C)(C)C)c4)c4ccc(C(C)(C)C)c(C(C)(C)C)c4)ccc2-3)cc1C(C)(C)C. The summed E-state index contributed by atoms with van der Waals surface area (Å²) >= 11 is 0. The van der Waals surface area contributed by atoms with E-state index in [-0.39, 0.29) is 43.3 Å². The molecule has 0 atom stereocenters. The van der Waals surface area contributed by atoms with Crippen LogP contribution in [0.4, 0.5) is 34.1 Å². The quantitative estimate of drug-likeness (QED) is 0.164. The van der Waals surface area contributed by atoms with Crippen molar-refractivity contribution in [2.24, 2.45) is 0 Å². The number of hydrogen-bond donors (Lipinski definition) is 0. The molecule has 0 fully saturated rings. The number of nitrogens with zero attached hydrogens (tertiary/aromatic N) is 2. The fourth-order valence-electron chi connectivity index (χ4n) is 14.1. The Hall–Kier alpha value is -6.64. The number of anilines is 6. The minimum absolute atomic E-state index is 0.0291. The standard InChI is InChI=1S/C81H98N2/c1-73(2,3)63-41-35-53(47-69(63)77(13,14)15)82(54-36-42-64(74(4,5)6)70(48-54)78(16,17)18)51-33-39-59-60-40-34-52(46-68(60)81(67(59)45-51)61-31-27-25-29-57(61)58-30-26-28-32-62(58)81)83(55-37-43-65(75(7,8)9)71(49-55)79(19,20)21)56-38-44-66(76(10,11)12)72(50-56)80(22,23)24/h25-50H,1-24H3. The largest absolute Gasteiger partial charge is 0.310 e. The molecule has 0 saturated heterocycles. The van der Waals surface area contributed by atoms with Gasteiger partial charge in [0, 0.05) is 34.1 Å². The Morgan fingerprint density at radius 2 is 0.410 bits per heavy atom. The maximum Gasteiger partial charge on any atom is 0.0727 e. The molecule has 0 heterocycles. The van der Waals surface area contributed by atoms with Crippen LogP contribution in [0.3, 0.4) is 0 Å². The Bertz CT molecular complexity index is 3410. The second kappa shape index (κ2) is 19.7. The summed E-state index contributed by atoms with van der Waals surface area (Å²) in [6, 6.07) is 62.7. The summed E-state index contributed by atoms with van der Waals surface area (Å²) in [6.07, 6.45) is 0. The molecule has 0 saturated carbocycles. The molecule has 2 aliphatic carbocycles. The van der Waals surface area contributed by atoms with Crippen LogP contribution in [0.15, 0.2) is 158 Å². The number of benzene rings is 8. The summed E-state index contributed by atoms with van der Waals surface area (Å²) in [5.41, 5.74) is 27.4. The van der Waals surface area contributed by atoms with E-state index in [1.165, 1.54) is 112 Å². The predicted octanol–water partition coefficient (Wildman–Crippen LogP) is 23.3. The van der Waals surface area contributed by atoms with Gasteiger partial charge >= 0.3 is 0 Å². The monoisotopic (exact) mass is 1100 g/mol. The third-order valence-corrected chi connectivity index (χ3v) is 18.1. The topological polar surface area (TPSA) is 6.48 Å². The van der Waals surface area contributed by atoms with Crippen molar-refractivity contribution in [3.63, 3.8) is 0 Å². The normalized spacial score (nSPS) is 14.4. The first kappa shape index (κ1) is 59.5. The van der Waals surface area contributed by atoms with Gasteiger partial charge in [0.05, 0.1) is 5.41 Å². The highest BCUT2D eigenvalue weighted by atomic mass is 15.1. The molecule has 2 nitrogen and oxygen atoms in total. The van der Waals surface area contributed by atoms with E-state index in [0.29, 0.717) is 0 Å². The lowest BCUT2D eigenvalue weighted by Crippen LogP contribution is -2.27. The van der Waals surface area contributed by atoms with Crippen LogP contribution in [0.5, 0.6) is 0 Å². The van der Waals surface area contributed by atoms with Crippen molar-refractivity contribution in [2.45, 2.75) is 215 Å². The average Bonchev–Trinajstić information content (AvgIpc) is 1.62. The molecule has 0 radical (unpaired) electrons. The summed E-state index contributed by atoms with van der Waals surface area (Å²) in [4.78, 5) is 5.14. The molecular weight excluding hydrogens is 1000 g/mol. The summed E-state index contributed by atoms with van der Waals surface area (Å²) in [5, 5.41) is 0. The highest BCUT2D eigenvalue weighted by molar-refractivity contribution is 5.98. The van der Waals surface area contributed by atoms with Gasteiger partial charge in [-0.05, 0) is 205 Å². The zero-order chi connectivity index (χ0) is 60.7. The van der Waals surface area contributed by atoms with Crippen LogP contribution in [0, 0.1) is 0 Å². The van der Waals surface area contributed by atoms with Crippen LogP contribution in [-0.4, -0.2) is 0 Å². The van der Waals surface area contributed by atoms with Crippen LogP contribution in [0.2, 0.25) is 0 Å². The number of rotatable bonds is 6. The molecule has 10 rings (SSSR count). The minimum Gasteiger partial charge on any atom is -0.310 e. The van der Waals surface area contributed by atoms with Crippen molar-refractivity contribution >= 4 is 34.1 Å². The first-order valence-electron chi connectivity index (χ1n) is 30.9. The first-order valence-corrected chi connectivity index (χ1v) is 30.9. The Balaban J connectivity index is 1.29. The van der Waals surface area contributed by atoms with Gasteiger partial charge in [-0.15, -0.1) is 0 Å². The van der Waals surface area contributed by atoms with Crippen LogP contribution < -0.4 is 9.80 Å². The van der Waals surface area contributed by atoms with Crippen LogP contribution in [0.1, 0.15) is 233 Å². The number of hydrogen-bond acceptors (Lipinski definition) is 2. The zero-order valence-corrected chi connectivity index (χ0v) is 55.4. The third-order valence-electron chi connectivity index (χ3n) is 18.1. The van der Waals surface area contributed by atoms with E-state index in [2.05, 4.69) is 334 Å². The van der Waals surface area contributed by atoms with E-state index in [9.17, 15) is 0 Å². The van der Waals surface area contributed by atoms with E-state index >= 15 is 0 Å². The van der Waals surface area contributed by atoms with E-state index in [4.69, 9.17) is 0 Å². The van der Waals surface area contributed by atoms with Gasteiger partial charge in [-0.1, -0.05) is 251 Å². The number of fused-ring (bicyclic) bond motifs is 10. The van der Waals surface area contributed by atoms with Crippen molar-refractivity contribution in [3.8, 4) is 22.3 Å². The Labute approximate surface area is 502 Å². The molecule has 0 aromatic heterocycles. The zero-order valence-electron chi connectivity index (χ0n) is 55.4. The van der Waals surface area contributed by atoms with Gasteiger partial charge in [-0.3, -0.25) is 0 Å². The molecule has 432 valence electrons. The van der Waals surface area contributed by atoms with Crippen molar-refractivity contribution < 1.29 is 0 Å². The van der Waals surface area contributed by atoms with Gasteiger partial charge in [-0.2, -0.15) is 0 Å². The van der Waals surface area contributed by atoms with Gasteiger partial charge in [0.1, 0.15) is 0 Å². The average molecular weight is 1100 g/mol. The van der Waals surface area contributed by atoms with E-state index in [1.807, 2.05) is 0 Å². The predicted molar refractivity (Wildman–Crippen MR) is 362 cm³/mol. The minimum atomic E-state index is -0.625. The summed E-state index contributed by atoms with van der Waals surface area (Å²) in [5.74, 6) is 0. The van der Waals surface area contributed by atoms with Gasteiger partial charge in [0.25, 0.3) is 0 Å². The first-order chi connectivity index (χ1) is 38.2. The van der Waals surface area contributed by atoms with Gasteiger partial charge in [0.2, 0.25) is 0 Å². The summed E-state index contributed by atoms with van der Waals surface area (Å²) < 4.78 is 0.